The summed E-state index contributed by atoms with van der Waals surface area (Å²) in [5.74, 6) is 2.66. The van der Waals surface area contributed by atoms with Crippen LogP contribution in [-0.2, 0) is 23.1 Å². The van der Waals surface area contributed by atoms with Gasteiger partial charge in [0.15, 0.2) is 0 Å². The minimum absolute atomic E-state index is 0.200. The number of aromatic nitrogens is 3. The second kappa shape index (κ2) is 9.33. The van der Waals surface area contributed by atoms with Crippen LogP contribution < -0.4 is 16.0 Å². The summed E-state index contributed by atoms with van der Waals surface area (Å²) in [5.41, 5.74) is 10.4. The first-order valence-corrected chi connectivity index (χ1v) is 12.7. The third-order valence-electron chi connectivity index (χ3n) is 7.51. The number of rotatable bonds is 7. The van der Waals surface area contributed by atoms with Gasteiger partial charge in [-0.3, -0.25) is 0 Å². The van der Waals surface area contributed by atoms with E-state index in [0.717, 1.165) is 48.8 Å². The van der Waals surface area contributed by atoms with Crippen LogP contribution in [0.1, 0.15) is 50.8 Å². The second-order valence-electron chi connectivity index (χ2n) is 11.0. The summed E-state index contributed by atoms with van der Waals surface area (Å²) >= 11 is 0. The molecule has 36 heavy (non-hydrogen) atoms. The average Bonchev–Trinajstić information content (AvgIpc) is 3.15. The second-order valence-corrected chi connectivity index (χ2v) is 11.0. The summed E-state index contributed by atoms with van der Waals surface area (Å²) in [7, 11) is 2.16. The van der Waals surface area contributed by atoms with E-state index in [1.807, 2.05) is 18.3 Å². The third kappa shape index (κ3) is 4.88. The van der Waals surface area contributed by atoms with E-state index in [4.69, 9.17) is 20.4 Å². The number of likely N-dealkylation sites (N-methyl/N-ethyl adjacent to an activating group) is 1. The van der Waals surface area contributed by atoms with Crippen molar-refractivity contribution in [3.05, 3.63) is 59.3 Å². The van der Waals surface area contributed by atoms with Crippen LogP contribution in [0.2, 0.25) is 0 Å². The Hall–Kier alpha value is -3.23. The first-order chi connectivity index (χ1) is 17.2. The SMILES string of the molecule is CCC(C)(C)OCC1(C)CN(c2cccc(N)n2)c2nc(Nc3ccc4c(c3)CN(C)CC4)ncc21. The van der Waals surface area contributed by atoms with Crippen molar-refractivity contribution in [2.45, 2.75) is 58.1 Å². The van der Waals surface area contributed by atoms with E-state index in [1.165, 1.54) is 11.1 Å². The normalized spacial score (nSPS) is 19.8. The lowest BCUT2D eigenvalue weighted by molar-refractivity contribution is -0.0404. The number of hydrogen-bond acceptors (Lipinski definition) is 8. The van der Waals surface area contributed by atoms with E-state index in [1.54, 1.807) is 6.07 Å². The molecule has 2 aromatic heterocycles. The van der Waals surface area contributed by atoms with Gasteiger partial charge in [-0.1, -0.05) is 26.0 Å². The molecular formula is C28H37N7O. The summed E-state index contributed by atoms with van der Waals surface area (Å²) in [6.07, 6.45) is 3.96. The Morgan fingerprint density at radius 1 is 1.17 bits per heavy atom. The average molecular weight is 488 g/mol. The molecule has 1 aromatic carbocycles. The molecule has 8 heteroatoms. The molecule has 2 aliphatic heterocycles. The number of nitrogen functional groups attached to an aromatic ring is 1. The number of nitrogens with one attached hydrogen (secondary N) is 1. The molecule has 4 heterocycles. The van der Waals surface area contributed by atoms with Gasteiger partial charge in [-0.2, -0.15) is 4.98 Å². The van der Waals surface area contributed by atoms with E-state index in [2.05, 4.69) is 73.0 Å². The molecule has 0 bridgehead atoms. The van der Waals surface area contributed by atoms with Crippen LogP contribution in [0.15, 0.2) is 42.6 Å². The van der Waals surface area contributed by atoms with Gasteiger partial charge >= 0.3 is 0 Å². The van der Waals surface area contributed by atoms with Gasteiger partial charge < -0.3 is 25.6 Å². The van der Waals surface area contributed by atoms with Crippen LogP contribution in [0.4, 0.5) is 29.1 Å². The van der Waals surface area contributed by atoms with Gasteiger partial charge in [-0.15, -0.1) is 0 Å². The Labute approximate surface area is 213 Å². The van der Waals surface area contributed by atoms with Crippen LogP contribution in [0.25, 0.3) is 0 Å². The minimum atomic E-state index is -0.289. The number of anilines is 5. The van der Waals surface area contributed by atoms with Crippen LogP contribution in [0, 0.1) is 0 Å². The fraction of sp³-hybridized carbons (Fsp3) is 0.464. The Morgan fingerprint density at radius 3 is 2.78 bits per heavy atom. The van der Waals surface area contributed by atoms with E-state index in [0.29, 0.717) is 24.9 Å². The molecule has 0 saturated heterocycles. The summed E-state index contributed by atoms with van der Waals surface area (Å²) in [6.45, 7) is 11.9. The molecule has 1 atom stereocenters. The molecule has 3 N–H and O–H groups in total. The largest absolute Gasteiger partial charge is 0.384 e. The van der Waals surface area contributed by atoms with Gasteiger partial charge in [0.2, 0.25) is 5.95 Å². The highest BCUT2D eigenvalue weighted by Gasteiger charge is 2.43. The Morgan fingerprint density at radius 2 is 2.00 bits per heavy atom. The molecule has 5 rings (SSSR count). The van der Waals surface area contributed by atoms with Gasteiger partial charge in [0.25, 0.3) is 0 Å². The highest BCUT2D eigenvalue weighted by atomic mass is 16.5. The summed E-state index contributed by atoms with van der Waals surface area (Å²) in [6, 6.07) is 12.2. The number of hydrogen-bond donors (Lipinski definition) is 2. The number of pyridine rings is 1. The number of benzene rings is 1. The van der Waals surface area contributed by atoms with E-state index >= 15 is 0 Å². The van der Waals surface area contributed by atoms with Crippen molar-refractivity contribution in [3.8, 4) is 0 Å². The summed E-state index contributed by atoms with van der Waals surface area (Å²) in [4.78, 5) is 18.8. The van der Waals surface area contributed by atoms with Crippen molar-refractivity contribution in [2.75, 3.05) is 42.7 Å². The van der Waals surface area contributed by atoms with Gasteiger partial charge in [0, 0.05) is 42.5 Å². The van der Waals surface area contributed by atoms with Gasteiger partial charge in [-0.05, 0) is 69.1 Å². The Balaban J connectivity index is 1.47. The lowest BCUT2D eigenvalue weighted by atomic mass is 9.87. The molecule has 0 aliphatic carbocycles. The molecular weight excluding hydrogens is 450 g/mol. The van der Waals surface area contributed by atoms with Gasteiger partial charge in [0.05, 0.1) is 12.2 Å². The molecule has 2 aliphatic rings. The molecule has 0 saturated carbocycles. The van der Waals surface area contributed by atoms with Crippen molar-refractivity contribution in [3.63, 3.8) is 0 Å². The number of fused-ring (bicyclic) bond motifs is 2. The van der Waals surface area contributed by atoms with E-state index in [9.17, 15) is 0 Å². The Kier molecular flexibility index (Phi) is 6.34. The lowest BCUT2D eigenvalue weighted by Crippen LogP contribution is -2.37. The first kappa shape index (κ1) is 24.5. The van der Waals surface area contributed by atoms with Crippen LogP contribution in [-0.4, -0.2) is 52.2 Å². The summed E-state index contributed by atoms with van der Waals surface area (Å²) < 4.78 is 6.37. The fourth-order valence-electron chi connectivity index (χ4n) is 4.84. The molecule has 190 valence electrons. The van der Waals surface area contributed by atoms with Crippen molar-refractivity contribution in [1.29, 1.82) is 0 Å². The molecule has 0 radical (unpaired) electrons. The summed E-state index contributed by atoms with van der Waals surface area (Å²) in [5, 5.41) is 3.43. The molecule has 3 aromatic rings. The minimum Gasteiger partial charge on any atom is -0.384 e. The Bertz CT molecular complexity index is 1260. The number of ether oxygens (including phenoxy) is 1. The van der Waals surface area contributed by atoms with Crippen molar-refractivity contribution >= 4 is 29.1 Å². The predicted molar refractivity (Wildman–Crippen MR) is 145 cm³/mol. The first-order valence-electron chi connectivity index (χ1n) is 12.7. The molecule has 0 amide bonds. The third-order valence-corrected chi connectivity index (χ3v) is 7.51. The molecule has 1 unspecified atom stereocenters. The highest BCUT2D eigenvalue weighted by molar-refractivity contribution is 5.69. The van der Waals surface area contributed by atoms with Crippen molar-refractivity contribution < 1.29 is 4.74 Å². The molecule has 0 spiro atoms. The smallest absolute Gasteiger partial charge is 0.229 e. The zero-order chi connectivity index (χ0) is 25.5. The quantitative estimate of drug-likeness (QED) is 0.491. The van der Waals surface area contributed by atoms with Crippen molar-refractivity contribution in [1.82, 2.24) is 19.9 Å². The van der Waals surface area contributed by atoms with E-state index in [-0.39, 0.29) is 11.0 Å². The van der Waals surface area contributed by atoms with Crippen molar-refractivity contribution in [2.24, 2.45) is 0 Å². The predicted octanol–water partition coefficient (Wildman–Crippen LogP) is 4.80. The number of nitrogens with two attached hydrogens (primary N) is 1. The van der Waals surface area contributed by atoms with Crippen LogP contribution in [0.3, 0.4) is 0 Å². The zero-order valence-electron chi connectivity index (χ0n) is 22.0. The van der Waals surface area contributed by atoms with Gasteiger partial charge in [0.1, 0.15) is 17.5 Å². The highest BCUT2D eigenvalue weighted by Crippen LogP contribution is 2.44. The fourth-order valence-corrected chi connectivity index (χ4v) is 4.84. The zero-order valence-corrected chi connectivity index (χ0v) is 22.0. The maximum Gasteiger partial charge on any atom is 0.229 e. The standard InChI is InChI=1S/C28H37N7O/c1-6-27(2,3)36-18-28(4)17-35(24-9-7-8-23(29)32-24)25-22(28)15-30-26(33-25)31-21-11-10-19-12-13-34(5)16-20(19)14-21/h7-11,14-15H,6,12-13,16-18H2,1-5H3,(H2,29,32)(H,30,31,33). The van der Waals surface area contributed by atoms with Crippen LogP contribution >= 0.6 is 0 Å². The monoisotopic (exact) mass is 487 g/mol. The molecule has 0 fully saturated rings. The maximum absolute atomic E-state index is 6.37. The number of nitrogens with zero attached hydrogens (tertiary/aromatic N) is 5. The van der Waals surface area contributed by atoms with Gasteiger partial charge in [-0.25, -0.2) is 9.97 Å². The topological polar surface area (TPSA) is 92.4 Å². The maximum atomic E-state index is 6.37. The lowest BCUT2D eigenvalue weighted by Gasteiger charge is -2.31. The van der Waals surface area contributed by atoms with Crippen LogP contribution in [0.5, 0.6) is 0 Å². The molecule has 8 nitrogen and oxygen atoms in total. The van der Waals surface area contributed by atoms with E-state index < -0.39 is 0 Å².